The number of nitrogens with two attached hydrogens (primary N) is 1. The Bertz CT molecular complexity index is 388. The Hall–Kier alpha value is 0.180. The van der Waals surface area contributed by atoms with Gasteiger partial charge in [0.2, 0.25) is 0 Å². The highest BCUT2D eigenvalue weighted by molar-refractivity contribution is 14.0. The van der Waals surface area contributed by atoms with Crippen molar-refractivity contribution >= 4 is 57.2 Å². The van der Waals surface area contributed by atoms with Crippen LogP contribution in [0.2, 0.25) is 0 Å². The van der Waals surface area contributed by atoms with Gasteiger partial charge in [-0.1, -0.05) is 12.8 Å². The number of thiophene rings is 1. The van der Waals surface area contributed by atoms with Crippen LogP contribution in [-0.2, 0) is 6.42 Å². The number of hydrogen-bond acceptors (Lipinski definition) is 2. The van der Waals surface area contributed by atoms with E-state index in [9.17, 15) is 0 Å². The molecule has 0 amide bonds. The van der Waals surface area contributed by atoms with E-state index in [1.54, 1.807) is 11.3 Å². The van der Waals surface area contributed by atoms with Crippen molar-refractivity contribution in [1.29, 1.82) is 0 Å². The molecule has 0 unspecified atom stereocenters. The van der Waals surface area contributed by atoms with Crippen LogP contribution in [0.1, 0.15) is 30.6 Å². The molecular formula is C12H19BrIN3S. The average molecular weight is 444 g/mol. The Balaban J connectivity index is 0.00000162. The fraction of sp³-hybridized carbons (Fsp3) is 0.583. The first-order valence-corrected chi connectivity index (χ1v) is 7.65. The average Bonchev–Trinajstić information content (AvgIpc) is 2.90. The summed E-state index contributed by atoms with van der Waals surface area (Å²) in [5.41, 5.74) is 5.86. The minimum Gasteiger partial charge on any atom is -0.370 e. The molecule has 18 heavy (non-hydrogen) atoms. The van der Waals surface area contributed by atoms with Crippen molar-refractivity contribution in [3.05, 3.63) is 20.8 Å². The molecule has 0 aliphatic heterocycles. The topological polar surface area (TPSA) is 50.4 Å². The van der Waals surface area contributed by atoms with Crippen LogP contribution in [0, 0.1) is 0 Å². The standard InChI is InChI=1S/C12H18BrN3S.HI/c13-11-6-5-10(17-11)7-8-15-12(14)16-9-3-1-2-4-9;/h5-6,9H,1-4,7-8H2,(H3,14,15,16);1H. The van der Waals surface area contributed by atoms with Gasteiger partial charge in [0, 0.05) is 23.9 Å². The number of guanidine groups is 1. The summed E-state index contributed by atoms with van der Waals surface area (Å²) in [6.07, 6.45) is 6.05. The molecule has 0 bridgehead atoms. The van der Waals surface area contributed by atoms with E-state index in [0.717, 1.165) is 13.0 Å². The van der Waals surface area contributed by atoms with Crippen LogP contribution in [0.25, 0.3) is 0 Å². The van der Waals surface area contributed by atoms with E-state index in [0.29, 0.717) is 12.0 Å². The molecule has 0 radical (unpaired) electrons. The molecule has 2 rings (SSSR count). The summed E-state index contributed by atoms with van der Waals surface area (Å²) in [5.74, 6) is 0.604. The third-order valence-corrected chi connectivity index (χ3v) is 4.66. The first kappa shape index (κ1) is 16.2. The Kier molecular flexibility index (Phi) is 7.55. The fourth-order valence-corrected chi connectivity index (χ4v) is 3.57. The predicted molar refractivity (Wildman–Crippen MR) is 93.0 cm³/mol. The maximum absolute atomic E-state index is 5.86. The van der Waals surface area contributed by atoms with E-state index in [1.807, 2.05) is 0 Å². The molecule has 0 atom stereocenters. The van der Waals surface area contributed by atoms with Gasteiger partial charge >= 0.3 is 0 Å². The van der Waals surface area contributed by atoms with E-state index in [1.165, 1.54) is 34.3 Å². The van der Waals surface area contributed by atoms with E-state index >= 15 is 0 Å². The monoisotopic (exact) mass is 443 g/mol. The van der Waals surface area contributed by atoms with Gasteiger partial charge in [0.25, 0.3) is 0 Å². The normalized spacial score (nSPS) is 16.6. The summed E-state index contributed by atoms with van der Waals surface area (Å²) >= 11 is 5.22. The molecule has 1 aliphatic rings. The molecular weight excluding hydrogens is 425 g/mol. The second kappa shape index (κ2) is 8.37. The molecule has 1 aliphatic carbocycles. The molecule has 0 spiro atoms. The zero-order valence-corrected chi connectivity index (χ0v) is 14.9. The lowest BCUT2D eigenvalue weighted by molar-refractivity contribution is 0.625. The molecule has 0 aromatic carbocycles. The highest BCUT2D eigenvalue weighted by atomic mass is 127. The van der Waals surface area contributed by atoms with Gasteiger partial charge < -0.3 is 11.1 Å². The zero-order chi connectivity index (χ0) is 12.1. The summed E-state index contributed by atoms with van der Waals surface area (Å²) < 4.78 is 1.17. The fourth-order valence-electron chi connectivity index (χ4n) is 2.10. The molecule has 102 valence electrons. The van der Waals surface area contributed by atoms with E-state index < -0.39 is 0 Å². The van der Waals surface area contributed by atoms with Crippen molar-refractivity contribution in [2.75, 3.05) is 6.54 Å². The lowest BCUT2D eigenvalue weighted by Gasteiger charge is -2.11. The van der Waals surface area contributed by atoms with Gasteiger partial charge in [-0.05, 0) is 40.9 Å². The van der Waals surface area contributed by atoms with Crippen molar-refractivity contribution < 1.29 is 0 Å². The Morgan fingerprint density at radius 3 is 2.78 bits per heavy atom. The summed E-state index contributed by atoms with van der Waals surface area (Å²) in [4.78, 5) is 5.71. The van der Waals surface area contributed by atoms with Crippen molar-refractivity contribution in [1.82, 2.24) is 5.32 Å². The van der Waals surface area contributed by atoms with E-state index in [4.69, 9.17) is 5.73 Å². The molecule has 1 aromatic rings. The molecule has 0 saturated heterocycles. The van der Waals surface area contributed by atoms with Crippen molar-refractivity contribution in [3.8, 4) is 0 Å². The molecule has 3 nitrogen and oxygen atoms in total. The minimum absolute atomic E-state index is 0. The molecule has 3 N–H and O–H groups in total. The highest BCUT2D eigenvalue weighted by Crippen LogP contribution is 2.22. The third-order valence-electron chi connectivity index (χ3n) is 2.98. The van der Waals surface area contributed by atoms with Gasteiger partial charge in [0.15, 0.2) is 5.96 Å². The smallest absolute Gasteiger partial charge is 0.188 e. The minimum atomic E-state index is 0. The SMILES string of the molecule is I.NC(=NCCc1ccc(Br)s1)NC1CCCC1. The van der Waals surface area contributed by atoms with Gasteiger partial charge in [-0.15, -0.1) is 35.3 Å². The summed E-state index contributed by atoms with van der Waals surface area (Å²) in [7, 11) is 0. The van der Waals surface area contributed by atoms with Crippen LogP contribution >= 0.6 is 51.2 Å². The lowest BCUT2D eigenvalue weighted by atomic mass is 10.2. The highest BCUT2D eigenvalue weighted by Gasteiger charge is 2.14. The number of halogens is 2. The van der Waals surface area contributed by atoms with Crippen LogP contribution in [-0.4, -0.2) is 18.5 Å². The van der Waals surface area contributed by atoms with Crippen LogP contribution in [0.5, 0.6) is 0 Å². The number of nitrogens with zero attached hydrogens (tertiary/aromatic N) is 1. The van der Waals surface area contributed by atoms with E-state index in [-0.39, 0.29) is 24.0 Å². The predicted octanol–water partition coefficient (Wildman–Crippen LogP) is 3.52. The third kappa shape index (κ3) is 5.44. The second-order valence-corrected chi connectivity index (χ2v) is 6.90. The molecule has 1 aromatic heterocycles. The summed E-state index contributed by atoms with van der Waals surface area (Å²) in [6, 6.07) is 4.75. The molecule has 1 fully saturated rings. The maximum Gasteiger partial charge on any atom is 0.188 e. The number of aliphatic imine (C=N–C) groups is 1. The number of hydrogen-bond donors (Lipinski definition) is 2. The zero-order valence-electron chi connectivity index (χ0n) is 10.2. The molecule has 1 saturated carbocycles. The quantitative estimate of drug-likeness (QED) is 0.425. The molecule has 1 heterocycles. The maximum atomic E-state index is 5.86. The van der Waals surface area contributed by atoms with Gasteiger partial charge in [0.1, 0.15) is 0 Å². The van der Waals surface area contributed by atoms with Crippen LogP contribution < -0.4 is 11.1 Å². The van der Waals surface area contributed by atoms with Gasteiger partial charge in [-0.3, -0.25) is 4.99 Å². The second-order valence-electron chi connectivity index (χ2n) is 4.35. The van der Waals surface area contributed by atoms with Crippen LogP contribution in [0.15, 0.2) is 20.9 Å². The van der Waals surface area contributed by atoms with Gasteiger partial charge in [-0.2, -0.15) is 0 Å². The van der Waals surface area contributed by atoms with Gasteiger partial charge in [-0.25, -0.2) is 0 Å². The number of nitrogens with one attached hydrogen (secondary N) is 1. The van der Waals surface area contributed by atoms with Crippen molar-refractivity contribution in [3.63, 3.8) is 0 Å². The Morgan fingerprint density at radius 1 is 1.44 bits per heavy atom. The van der Waals surface area contributed by atoms with Crippen molar-refractivity contribution in [2.45, 2.75) is 38.1 Å². The first-order valence-electron chi connectivity index (χ1n) is 6.05. The summed E-state index contributed by atoms with van der Waals surface area (Å²) in [5, 5.41) is 3.29. The lowest BCUT2D eigenvalue weighted by Crippen LogP contribution is -2.38. The Labute approximate surface area is 138 Å². The molecule has 6 heteroatoms. The van der Waals surface area contributed by atoms with Crippen LogP contribution in [0.4, 0.5) is 0 Å². The number of rotatable bonds is 4. The van der Waals surface area contributed by atoms with E-state index in [2.05, 4.69) is 38.4 Å². The van der Waals surface area contributed by atoms with Crippen LogP contribution in [0.3, 0.4) is 0 Å². The largest absolute Gasteiger partial charge is 0.370 e. The van der Waals surface area contributed by atoms with Crippen molar-refractivity contribution in [2.24, 2.45) is 10.7 Å². The summed E-state index contributed by atoms with van der Waals surface area (Å²) in [6.45, 7) is 0.762. The Morgan fingerprint density at radius 2 is 2.17 bits per heavy atom. The first-order chi connectivity index (χ1) is 8.24. The van der Waals surface area contributed by atoms with Gasteiger partial charge in [0.05, 0.1) is 3.79 Å².